The highest BCUT2D eigenvalue weighted by Gasteiger charge is 2.25. The average molecular weight is 414 g/mol. The fourth-order valence-electron chi connectivity index (χ4n) is 3.45. The Kier molecular flexibility index (Phi) is 5.93. The lowest BCUT2D eigenvalue weighted by Crippen LogP contribution is -2.39. The molecule has 1 aliphatic rings. The van der Waals surface area contributed by atoms with Gasteiger partial charge in [0.25, 0.3) is 0 Å². The van der Waals surface area contributed by atoms with E-state index in [9.17, 15) is 4.79 Å². The zero-order chi connectivity index (χ0) is 21.6. The van der Waals surface area contributed by atoms with Crippen LogP contribution >= 0.6 is 0 Å². The summed E-state index contributed by atoms with van der Waals surface area (Å²) in [6.45, 7) is 0.114. The van der Waals surface area contributed by atoms with E-state index in [1.54, 1.807) is 18.2 Å². The average Bonchev–Trinajstić information content (AvgIpc) is 2.78. The standard InChI is InChI=1S/C24H22N4O3/c1-28-20-12-6-5-8-17(20)14-15-21(28)23(18-9-3-2-4-10-18)27-30-16-19-11-7-13-22(26-19)31-24(25)29/h2-15,21H,16H2,1H3,(H2,25,29)/b27-23-. The van der Waals surface area contributed by atoms with E-state index in [2.05, 4.69) is 39.3 Å². The number of ether oxygens (including phenoxy) is 1. The Morgan fingerprint density at radius 2 is 1.84 bits per heavy atom. The fraction of sp³-hybridized carbons (Fsp3) is 0.125. The highest BCUT2D eigenvalue weighted by Crippen LogP contribution is 2.29. The number of nitrogens with two attached hydrogens (primary N) is 1. The summed E-state index contributed by atoms with van der Waals surface area (Å²) >= 11 is 0. The van der Waals surface area contributed by atoms with Gasteiger partial charge >= 0.3 is 6.09 Å². The minimum atomic E-state index is -0.914. The van der Waals surface area contributed by atoms with Crippen LogP contribution in [0.25, 0.3) is 6.08 Å². The van der Waals surface area contributed by atoms with Crippen molar-refractivity contribution in [1.29, 1.82) is 0 Å². The maximum atomic E-state index is 10.9. The maximum Gasteiger partial charge on any atom is 0.411 e. The van der Waals surface area contributed by atoms with E-state index in [1.165, 1.54) is 0 Å². The van der Waals surface area contributed by atoms with Crippen LogP contribution in [0.15, 0.2) is 84.0 Å². The number of primary amides is 1. The largest absolute Gasteiger partial charge is 0.411 e. The van der Waals surface area contributed by atoms with Gasteiger partial charge in [-0.05, 0) is 17.7 Å². The molecule has 1 aromatic heterocycles. The molecule has 0 bridgehead atoms. The number of nitrogens with zero attached hydrogens (tertiary/aromatic N) is 3. The van der Waals surface area contributed by atoms with Crippen LogP contribution in [0, 0.1) is 0 Å². The van der Waals surface area contributed by atoms with Crippen molar-refractivity contribution in [3.8, 4) is 5.88 Å². The van der Waals surface area contributed by atoms with Crippen LogP contribution in [-0.4, -0.2) is 29.9 Å². The van der Waals surface area contributed by atoms with E-state index < -0.39 is 6.09 Å². The number of para-hydroxylation sites is 1. The molecule has 0 spiro atoms. The number of aromatic nitrogens is 1. The Balaban J connectivity index is 1.58. The Morgan fingerprint density at radius 3 is 2.65 bits per heavy atom. The zero-order valence-electron chi connectivity index (χ0n) is 17.0. The van der Waals surface area contributed by atoms with Gasteiger partial charge in [-0.2, -0.15) is 0 Å². The second-order valence-electron chi connectivity index (χ2n) is 6.98. The molecule has 7 heteroatoms. The van der Waals surface area contributed by atoms with E-state index in [1.807, 2.05) is 49.5 Å². The van der Waals surface area contributed by atoms with Crippen LogP contribution in [0.5, 0.6) is 5.88 Å². The number of hydrogen-bond donors (Lipinski definition) is 1. The third-order valence-electron chi connectivity index (χ3n) is 4.90. The van der Waals surface area contributed by atoms with Crippen molar-refractivity contribution >= 4 is 23.6 Å². The molecule has 1 aliphatic heterocycles. The van der Waals surface area contributed by atoms with Gasteiger partial charge in [0.15, 0.2) is 6.61 Å². The monoisotopic (exact) mass is 414 g/mol. The summed E-state index contributed by atoms with van der Waals surface area (Å²) in [5.74, 6) is 0.118. The van der Waals surface area contributed by atoms with Crippen LogP contribution in [0.1, 0.15) is 16.8 Å². The van der Waals surface area contributed by atoms with Gasteiger partial charge in [-0.25, -0.2) is 9.78 Å². The smallest absolute Gasteiger partial charge is 0.391 e. The Labute approximate surface area is 180 Å². The van der Waals surface area contributed by atoms with Gasteiger partial charge in [-0.1, -0.05) is 71.9 Å². The molecule has 7 nitrogen and oxygen atoms in total. The molecular formula is C24H22N4O3. The topological polar surface area (TPSA) is 90.0 Å². The first-order valence-corrected chi connectivity index (χ1v) is 9.80. The first kappa shape index (κ1) is 20.2. The molecule has 1 atom stereocenters. The van der Waals surface area contributed by atoms with Crippen molar-refractivity contribution in [2.45, 2.75) is 12.6 Å². The summed E-state index contributed by atoms with van der Waals surface area (Å²) in [5, 5.41) is 4.48. The van der Waals surface area contributed by atoms with Gasteiger partial charge in [0, 0.05) is 24.4 Å². The minimum Gasteiger partial charge on any atom is -0.391 e. The van der Waals surface area contributed by atoms with Gasteiger partial charge < -0.3 is 20.2 Å². The summed E-state index contributed by atoms with van der Waals surface area (Å²) in [7, 11) is 2.04. The molecule has 0 fully saturated rings. The van der Waals surface area contributed by atoms with E-state index in [0.717, 1.165) is 22.5 Å². The van der Waals surface area contributed by atoms with E-state index in [0.29, 0.717) is 5.69 Å². The quantitative estimate of drug-likeness (QED) is 0.487. The van der Waals surface area contributed by atoms with Crippen molar-refractivity contribution in [2.75, 3.05) is 11.9 Å². The lowest BCUT2D eigenvalue weighted by molar-refractivity contribution is 0.126. The molecule has 0 saturated carbocycles. The number of carbonyl (C=O) groups is 1. The van der Waals surface area contributed by atoms with Crippen LogP contribution in [-0.2, 0) is 11.4 Å². The van der Waals surface area contributed by atoms with Crippen molar-refractivity contribution in [2.24, 2.45) is 10.9 Å². The third kappa shape index (κ3) is 4.72. The first-order chi connectivity index (χ1) is 15.1. The number of amides is 1. The van der Waals surface area contributed by atoms with Gasteiger partial charge in [0.1, 0.15) is 5.71 Å². The molecule has 4 rings (SSSR count). The highest BCUT2D eigenvalue weighted by molar-refractivity contribution is 6.08. The SMILES string of the molecule is CN1c2ccccc2C=CC1/C(=N\OCc1cccc(OC(N)=O)n1)c1ccccc1. The number of rotatable bonds is 6. The highest BCUT2D eigenvalue weighted by atomic mass is 16.6. The van der Waals surface area contributed by atoms with Crippen molar-refractivity contribution in [1.82, 2.24) is 4.98 Å². The number of anilines is 1. The van der Waals surface area contributed by atoms with Crippen LogP contribution in [0.2, 0.25) is 0 Å². The van der Waals surface area contributed by atoms with Crippen LogP contribution in [0.4, 0.5) is 10.5 Å². The van der Waals surface area contributed by atoms with Crippen molar-refractivity contribution < 1.29 is 14.4 Å². The molecule has 0 aliphatic carbocycles. The first-order valence-electron chi connectivity index (χ1n) is 9.80. The lowest BCUT2D eigenvalue weighted by atomic mass is 9.96. The number of carbonyl (C=O) groups excluding carboxylic acids is 1. The van der Waals surface area contributed by atoms with E-state index in [-0.39, 0.29) is 18.5 Å². The summed E-state index contributed by atoms with van der Waals surface area (Å²) in [4.78, 5) is 23.0. The lowest BCUT2D eigenvalue weighted by Gasteiger charge is -2.33. The van der Waals surface area contributed by atoms with Crippen LogP contribution in [0.3, 0.4) is 0 Å². The molecule has 1 unspecified atom stereocenters. The summed E-state index contributed by atoms with van der Waals surface area (Å²) in [5.41, 5.74) is 9.62. The molecule has 2 aromatic carbocycles. The number of fused-ring (bicyclic) bond motifs is 1. The number of benzene rings is 2. The molecule has 2 N–H and O–H groups in total. The van der Waals surface area contributed by atoms with Crippen molar-refractivity contribution in [3.63, 3.8) is 0 Å². The number of pyridine rings is 1. The van der Waals surface area contributed by atoms with Gasteiger partial charge in [-0.15, -0.1) is 0 Å². The maximum absolute atomic E-state index is 10.9. The zero-order valence-corrected chi connectivity index (χ0v) is 17.0. The third-order valence-corrected chi connectivity index (χ3v) is 4.90. The fourth-order valence-corrected chi connectivity index (χ4v) is 3.45. The predicted octanol–water partition coefficient (Wildman–Crippen LogP) is 3.99. The molecule has 2 heterocycles. The molecule has 0 saturated heterocycles. The van der Waals surface area contributed by atoms with Gasteiger partial charge in [0.2, 0.25) is 5.88 Å². The van der Waals surface area contributed by atoms with Crippen LogP contribution < -0.4 is 15.4 Å². The van der Waals surface area contributed by atoms with Gasteiger partial charge in [-0.3, -0.25) is 0 Å². The second-order valence-corrected chi connectivity index (χ2v) is 6.98. The molecule has 3 aromatic rings. The van der Waals surface area contributed by atoms with E-state index in [4.69, 9.17) is 15.3 Å². The Hall–Kier alpha value is -4.13. The molecule has 156 valence electrons. The number of hydrogen-bond acceptors (Lipinski definition) is 6. The predicted molar refractivity (Wildman–Crippen MR) is 120 cm³/mol. The molecular weight excluding hydrogens is 392 g/mol. The molecule has 0 radical (unpaired) electrons. The summed E-state index contributed by atoms with van der Waals surface area (Å²) in [6.07, 6.45) is 3.30. The Bertz CT molecular complexity index is 1130. The number of likely N-dealkylation sites (N-methyl/N-ethyl adjacent to an activating group) is 1. The van der Waals surface area contributed by atoms with E-state index >= 15 is 0 Å². The second kappa shape index (κ2) is 9.13. The van der Waals surface area contributed by atoms with Gasteiger partial charge in [0.05, 0.1) is 11.7 Å². The molecule has 31 heavy (non-hydrogen) atoms. The Morgan fingerprint density at radius 1 is 1.06 bits per heavy atom. The number of oxime groups is 1. The van der Waals surface area contributed by atoms with Crippen molar-refractivity contribution in [3.05, 3.63) is 95.7 Å². The summed E-state index contributed by atoms with van der Waals surface area (Å²) < 4.78 is 4.81. The molecule has 1 amide bonds. The summed E-state index contributed by atoms with van der Waals surface area (Å²) in [6, 6.07) is 23.0. The minimum absolute atomic E-state index is 0.102. The normalized spacial score (nSPS) is 15.3.